The number of nitrogens with two attached hydrogens (primary N) is 1. The monoisotopic (exact) mass is 339 g/mol. The van der Waals surface area contributed by atoms with Crippen molar-refractivity contribution in [1.82, 2.24) is 14.5 Å². The van der Waals surface area contributed by atoms with Crippen LogP contribution in [0.25, 0.3) is 11.0 Å². The SMILES string of the molecule is CNc1ncnc2c1c(C(N)=S)cn2C1OC(CO)C(O)C1O. The van der Waals surface area contributed by atoms with Crippen molar-refractivity contribution in [2.45, 2.75) is 24.5 Å². The molecule has 3 heterocycles. The van der Waals surface area contributed by atoms with E-state index in [9.17, 15) is 15.3 Å². The first-order chi connectivity index (χ1) is 11.0. The molecule has 1 aliphatic heterocycles. The molecule has 23 heavy (non-hydrogen) atoms. The van der Waals surface area contributed by atoms with Crippen molar-refractivity contribution >= 4 is 34.1 Å². The number of anilines is 1. The molecule has 0 bridgehead atoms. The van der Waals surface area contributed by atoms with Gasteiger partial charge in [-0.15, -0.1) is 0 Å². The number of nitrogens with one attached hydrogen (secondary N) is 1. The molecule has 10 heteroatoms. The number of hydrogen-bond donors (Lipinski definition) is 5. The number of ether oxygens (including phenoxy) is 1. The van der Waals surface area contributed by atoms with Crippen LogP contribution in [0.5, 0.6) is 0 Å². The van der Waals surface area contributed by atoms with Crippen LogP contribution in [0.2, 0.25) is 0 Å². The van der Waals surface area contributed by atoms with Crippen LogP contribution in [0.15, 0.2) is 12.5 Å². The van der Waals surface area contributed by atoms with Gasteiger partial charge in [-0.1, -0.05) is 12.2 Å². The number of thiocarbonyl (C=S) groups is 1. The first kappa shape index (κ1) is 16.0. The van der Waals surface area contributed by atoms with Crippen LogP contribution in [-0.2, 0) is 4.74 Å². The molecule has 2 aromatic rings. The molecule has 1 fully saturated rings. The van der Waals surface area contributed by atoms with Gasteiger partial charge < -0.3 is 35.7 Å². The van der Waals surface area contributed by atoms with Crippen molar-refractivity contribution in [2.24, 2.45) is 5.73 Å². The molecule has 4 unspecified atom stereocenters. The summed E-state index contributed by atoms with van der Waals surface area (Å²) in [5, 5.41) is 32.9. The van der Waals surface area contributed by atoms with Crippen LogP contribution in [0.4, 0.5) is 5.82 Å². The van der Waals surface area contributed by atoms with E-state index in [1.54, 1.807) is 13.2 Å². The average molecular weight is 339 g/mol. The highest BCUT2D eigenvalue weighted by atomic mass is 32.1. The summed E-state index contributed by atoms with van der Waals surface area (Å²) in [6.07, 6.45) is -1.28. The second kappa shape index (κ2) is 5.98. The van der Waals surface area contributed by atoms with E-state index in [1.807, 2.05) is 0 Å². The van der Waals surface area contributed by atoms with Gasteiger partial charge in [-0.2, -0.15) is 0 Å². The Kier molecular flexibility index (Phi) is 4.17. The minimum Gasteiger partial charge on any atom is -0.394 e. The van der Waals surface area contributed by atoms with Gasteiger partial charge >= 0.3 is 0 Å². The zero-order valence-electron chi connectivity index (χ0n) is 12.2. The van der Waals surface area contributed by atoms with Crippen molar-refractivity contribution in [3.05, 3.63) is 18.1 Å². The molecule has 0 saturated carbocycles. The van der Waals surface area contributed by atoms with Crippen LogP contribution in [0.3, 0.4) is 0 Å². The Labute approximate surface area is 136 Å². The number of hydrogen-bond acceptors (Lipinski definition) is 8. The molecule has 0 radical (unpaired) electrons. The first-order valence-electron chi connectivity index (χ1n) is 6.95. The summed E-state index contributed by atoms with van der Waals surface area (Å²) in [5.41, 5.74) is 6.74. The summed E-state index contributed by atoms with van der Waals surface area (Å²) in [6, 6.07) is 0. The average Bonchev–Trinajstić information content (AvgIpc) is 3.06. The van der Waals surface area contributed by atoms with E-state index < -0.39 is 31.1 Å². The van der Waals surface area contributed by atoms with E-state index in [4.69, 9.17) is 22.7 Å². The fourth-order valence-corrected chi connectivity index (χ4v) is 2.92. The predicted molar refractivity (Wildman–Crippen MR) is 86.0 cm³/mol. The van der Waals surface area contributed by atoms with Gasteiger partial charge in [-0.25, -0.2) is 9.97 Å². The Balaban J connectivity index is 2.18. The lowest BCUT2D eigenvalue weighted by Gasteiger charge is -2.17. The van der Waals surface area contributed by atoms with Crippen LogP contribution < -0.4 is 11.1 Å². The summed E-state index contributed by atoms with van der Waals surface area (Å²) in [6.45, 7) is -0.410. The molecule has 0 aliphatic carbocycles. The normalized spacial score (nSPS) is 27.5. The Morgan fingerprint density at radius 2 is 2.17 bits per heavy atom. The molecule has 0 spiro atoms. The summed E-state index contributed by atoms with van der Waals surface area (Å²) in [4.78, 5) is 8.48. The molecule has 6 N–H and O–H groups in total. The standard InChI is InChI=1S/C13H17N5O4S/c1-15-11-7-5(10(14)23)2-18(12(7)17-4-16-11)13-9(21)8(20)6(3-19)22-13/h2,4,6,8-9,13,19-21H,3H2,1H3,(H2,14,23)(H,15,16,17). The summed E-state index contributed by atoms with van der Waals surface area (Å²) >= 11 is 5.07. The lowest BCUT2D eigenvalue weighted by atomic mass is 10.1. The molecule has 0 amide bonds. The highest BCUT2D eigenvalue weighted by Crippen LogP contribution is 2.34. The molecule has 9 nitrogen and oxygen atoms in total. The number of aliphatic hydroxyl groups is 3. The first-order valence-corrected chi connectivity index (χ1v) is 7.36. The lowest BCUT2D eigenvalue weighted by Crippen LogP contribution is -2.33. The third kappa shape index (κ3) is 2.44. The molecule has 4 atom stereocenters. The highest BCUT2D eigenvalue weighted by molar-refractivity contribution is 7.80. The van der Waals surface area contributed by atoms with Gasteiger partial charge in [0.25, 0.3) is 0 Å². The zero-order chi connectivity index (χ0) is 16.7. The van der Waals surface area contributed by atoms with Crippen LogP contribution >= 0.6 is 12.2 Å². The van der Waals surface area contributed by atoms with E-state index in [1.165, 1.54) is 10.9 Å². The van der Waals surface area contributed by atoms with Crippen molar-refractivity contribution in [1.29, 1.82) is 0 Å². The quantitative estimate of drug-likeness (QED) is 0.431. The van der Waals surface area contributed by atoms with Crippen molar-refractivity contribution < 1.29 is 20.1 Å². The Morgan fingerprint density at radius 1 is 1.43 bits per heavy atom. The molecule has 1 saturated heterocycles. The smallest absolute Gasteiger partial charge is 0.164 e. The van der Waals surface area contributed by atoms with E-state index in [0.29, 0.717) is 22.4 Å². The Morgan fingerprint density at radius 3 is 2.74 bits per heavy atom. The van der Waals surface area contributed by atoms with Crippen molar-refractivity contribution in [3.8, 4) is 0 Å². The molecule has 1 aliphatic rings. The molecular weight excluding hydrogens is 322 g/mol. The van der Waals surface area contributed by atoms with Gasteiger partial charge in [0.05, 0.1) is 12.0 Å². The van der Waals surface area contributed by atoms with Gasteiger partial charge in [-0.3, -0.25) is 0 Å². The van der Waals surface area contributed by atoms with Crippen LogP contribution in [0.1, 0.15) is 11.8 Å². The number of aromatic nitrogens is 3. The van der Waals surface area contributed by atoms with Crippen LogP contribution in [0, 0.1) is 0 Å². The maximum atomic E-state index is 10.2. The predicted octanol–water partition coefficient (Wildman–Crippen LogP) is -1.28. The van der Waals surface area contributed by atoms with Crippen molar-refractivity contribution in [3.63, 3.8) is 0 Å². The number of nitrogens with zero attached hydrogens (tertiary/aromatic N) is 3. The van der Waals surface area contributed by atoms with Gasteiger partial charge in [0.2, 0.25) is 0 Å². The molecule has 124 valence electrons. The Bertz CT molecular complexity index is 751. The molecular formula is C13H17N5O4S. The summed E-state index contributed by atoms with van der Waals surface area (Å²) in [7, 11) is 1.70. The van der Waals surface area contributed by atoms with Crippen LogP contribution in [-0.4, -0.2) is 66.8 Å². The van der Waals surface area contributed by atoms with Gasteiger partial charge in [0.15, 0.2) is 6.23 Å². The maximum absolute atomic E-state index is 10.2. The van der Waals surface area contributed by atoms with E-state index in [-0.39, 0.29) is 4.99 Å². The minimum absolute atomic E-state index is 0.145. The second-order valence-corrected chi connectivity index (χ2v) is 5.65. The number of aliphatic hydroxyl groups excluding tert-OH is 3. The van der Waals surface area contributed by atoms with Gasteiger partial charge in [0.1, 0.15) is 41.1 Å². The van der Waals surface area contributed by atoms with Gasteiger partial charge in [0, 0.05) is 18.8 Å². The molecule has 2 aromatic heterocycles. The second-order valence-electron chi connectivity index (χ2n) is 5.21. The van der Waals surface area contributed by atoms with Gasteiger partial charge in [-0.05, 0) is 0 Å². The fraction of sp³-hybridized carbons (Fsp3) is 0.462. The van der Waals surface area contributed by atoms with E-state index >= 15 is 0 Å². The lowest BCUT2D eigenvalue weighted by molar-refractivity contribution is -0.0508. The third-order valence-corrected chi connectivity index (χ3v) is 4.12. The third-order valence-electron chi connectivity index (χ3n) is 3.90. The van der Waals surface area contributed by atoms with Crippen molar-refractivity contribution in [2.75, 3.05) is 19.0 Å². The largest absolute Gasteiger partial charge is 0.394 e. The fourth-order valence-electron chi connectivity index (χ4n) is 2.77. The zero-order valence-corrected chi connectivity index (χ0v) is 13.1. The topological polar surface area (TPSA) is 139 Å². The highest BCUT2D eigenvalue weighted by Gasteiger charge is 2.44. The molecule has 3 rings (SSSR count). The van der Waals surface area contributed by atoms with E-state index in [0.717, 1.165) is 0 Å². The summed E-state index contributed by atoms with van der Waals surface area (Å²) in [5.74, 6) is 0.531. The minimum atomic E-state index is -1.23. The Hall–Kier alpha value is -1.85. The molecule has 0 aromatic carbocycles. The maximum Gasteiger partial charge on any atom is 0.164 e. The number of fused-ring (bicyclic) bond motifs is 1. The van der Waals surface area contributed by atoms with E-state index in [2.05, 4.69) is 15.3 Å². The summed E-state index contributed by atoms with van der Waals surface area (Å²) < 4.78 is 7.08. The number of rotatable bonds is 4.